The van der Waals surface area contributed by atoms with Crippen molar-refractivity contribution in [2.45, 2.75) is 32.2 Å². The van der Waals surface area contributed by atoms with Crippen LogP contribution in [0.1, 0.15) is 32.2 Å². The van der Waals surface area contributed by atoms with Crippen LogP contribution in [-0.4, -0.2) is 69.6 Å². The van der Waals surface area contributed by atoms with Gasteiger partial charge in [0.2, 0.25) is 5.91 Å². The van der Waals surface area contributed by atoms with E-state index in [1.165, 1.54) is 6.42 Å². The largest absolute Gasteiger partial charge is 0.461 e. The summed E-state index contributed by atoms with van der Waals surface area (Å²) in [6.07, 6.45) is 6.74. The summed E-state index contributed by atoms with van der Waals surface area (Å²) in [4.78, 5) is 31.5. The van der Waals surface area contributed by atoms with E-state index in [1.54, 1.807) is 12.6 Å². The molecule has 0 bridgehead atoms. The van der Waals surface area contributed by atoms with Gasteiger partial charge in [-0.2, -0.15) is 0 Å². The number of fused-ring (bicyclic) bond motifs is 1. The molecule has 9 nitrogen and oxygen atoms in total. The highest BCUT2D eigenvalue weighted by atomic mass is 16.3. The van der Waals surface area contributed by atoms with Crippen molar-refractivity contribution in [3.05, 3.63) is 24.7 Å². The Morgan fingerprint density at radius 2 is 1.93 bits per heavy atom. The summed E-state index contributed by atoms with van der Waals surface area (Å²) in [5.74, 6) is 2.15. The van der Waals surface area contributed by atoms with Gasteiger partial charge in [-0.05, 0) is 38.3 Å². The van der Waals surface area contributed by atoms with E-state index in [2.05, 4.69) is 20.2 Å². The highest BCUT2D eigenvalue weighted by molar-refractivity contribution is 5.89. The molecule has 0 radical (unpaired) electrons. The number of rotatable bonds is 4. The monoisotopic (exact) mass is 409 g/mol. The molecule has 5 heterocycles. The highest BCUT2D eigenvalue weighted by Crippen LogP contribution is 2.33. The van der Waals surface area contributed by atoms with Crippen LogP contribution in [0.5, 0.6) is 0 Å². The SMILES string of the molecule is C[C@@H](C(=O)N1CCNCC1)n1c(-c2ccco2)nc2c(N3CCCCC3)ncnc21. The van der Waals surface area contributed by atoms with Crippen LogP contribution in [0.25, 0.3) is 22.7 Å². The van der Waals surface area contributed by atoms with Gasteiger partial charge < -0.3 is 19.5 Å². The molecule has 1 N–H and O–H groups in total. The first kappa shape index (κ1) is 19.0. The van der Waals surface area contributed by atoms with Crippen molar-refractivity contribution >= 4 is 22.9 Å². The third kappa shape index (κ3) is 3.32. The lowest BCUT2D eigenvalue weighted by molar-refractivity contribution is -0.134. The van der Waals surface area contributed by atoms with Gasteiger partial charge in [0.1, 0.15) is 12.4 Å². The lowest BCUT2D eigenvalue weighted by Gasteiger charge is -2.30. The molecule has 1 atom stereocenters. The van der Waals surface area contributed by atoms with Crippen molar-refractivity contribution in [1.82, 2.24) is 29.7 Å². The van der Waals surface area contributed by atoms with Crippen LogP contribution in [0, 0.1) is 0 Å². The van der Waals surface area contributed by atoms with Crippen LogP contribution in [0.3, 0.4) is 0 Å². The third-order valence-corrected chi connectivity index (χ3v) is 6.03. The maximum Gasteiger partial charge on any atom is 0.245 e. The van der Waals surface area contributed by atoms with E-state index in [0.29, 0.717) is 30.3 Å². The Bertz CT molecular complexity index is 1020. The van der Waals surface area contributed by atoms with Crippen molar-refractivity contribution in [1.29, 1.82) is 0 Å². The maximum atomic E-state index is 13.3. The number of amides is 1. The van der Waals surface area contributed by atoms with Crippen LogP contribution in [0.2, 0.25) is 0 Å². The summed E-state index contributed by atoms with van der Waals surface area (Å²) in [6, 6.07) is 3.25. The first-order valence-electron chi connectivity index (χ1n) is 10.8. The fourth-order valence-corrected chi connectivity index (χ4v) is 4.44. The number of anilines is 1. The topological polar surface area (TPSA) is 92.3 Å². The van der Waals surface area contributed by atoms with Gasteiger partial charge in [0.05, 0.1) is 6.26 Å². The number of hydrogen-bond donors (Lipinski definition) is 1. The average Bonchev–Trinajstić information content (AvgIpc) is 3.47. The Morgan fingerprint density at radius 3 is 2.67 bits per heavy atom. The first-order valence-corrected chi connectivity index (χ1v) is 10.8. The van der Waals surface area contributed by atoms with Crippen LogP contribution in [0.15, 0.2) is 29.1 Å². The lowest BCUT2D eigenvalue weighted by atomic mass is 10.1. The Morgan fingerprint density at radius 1 is 1.13 bits per heavy atom. The van der Waals surface area contributed by atoms with Gasteiger partial charge in [0, 0.05) is 39.3 Å². The number of aromatic nitrogens is 4. The summed E-state index contributed by atoms with van der Waals surface area (Å²) < 4.78 is 7.58. The lowest BCUT2D eigenvalue weighted by Crippen LogP contribution is -2.48. The summed E-state index contributed by atoms with van der Waals surface area (Å²) in [5, 5.41) is 3.30. The van der Waals surface area contributed by atoms with Gasteiger partial charge >= 0.3 is 0 Å². The van der Waals surface area contributed by atoms with Gasteiger partial charge in [-0.15, -0.1) is 0 Å². The molecule has 1 amide bonds. The van der Waals surface area contributed by atoms with Gasteiger partial charge in [-0.25, -0.2) is 15.0 Å². The molecule has 3 aromatic heterocycles. The molecular weight excluding hydrogens is 382 g/mol. The van der Waals surface area contributed by atoms with Gasteiger partial charge in [0.15, 0.2) is 28.6 Å². The summed E-state index contributed by atoms with van der Waals surface area (Å²) >= 11 is 0. The molecule has 5 rings (SSSR count). The molecule has 0 unspecified atom stereocenters. The fraction of sp³-hybridized carbons (Fsp3) is 0.524. The summed E-state index contributed by atoms with van der Waals surface area (Å²) in [7, 11) is 0. The van der Waals surface area contributed by atoms with Crippen molar-refractivity contribution < 1.29 is 9.21 Å². The smallest absolute Gasteiger partial charge is 0.245 e. The zero-order valence-corrected chi connectivity index (χ0v) is 17.3. The molecule has 2 aliphatic rings. The van der Waals surface area contributed by atoms with E-state index >= 15 is 0 Å². The van der Waals surface area contributed by atoms with E-state index < -0.39 is 6.04 Å². The van der Waals surface area contributed by atoms with Gasteiger partial charge in [-0.3, -0.25) is 9.36 Å². The molecule has 30 heavy (non-hydrogen) atoms. The van der Waals surface area contributed by atoms with E-state index in [9.17, 15) is 4.79 Å². The molecule has 2 fully saturated rings. The number of nitrogens with one attached hydrogen (secondary N) is 1. The van der Waals surface area contributed by atoms with Crippen LogP contribution < -0.4 is 10.2 Å². The summed E-state index contributed by atoms with van der Waals surface area (Å²) in [5.41, 5.74) is 1.40. The van der Waals surface area contributed by atoms with E-state index in [4.69, 9.17) is 9.40 Å². The highest BCUT2D eigenvalue weighted by Gasteiger charge is 2.30. The first-order chi connectivity index (χ1) is 14.7. The van der Waals surface area contributed by atoms with Crippen molar-refractivity contribution in [2.75, 3.05) is 44.2 Å². The van der Waals surface area contributed by atoms with Gasteiger partial charge in [-0.1, -0.05) is 0 Å². The Hall–Kier alpha value is -2.94. The normalized spacial score (nSPS) is 18.7. The Balaban J connectivity index is 1.62. The maximum absolute atomic E-state index is 13.3. The molecule has 0 saturated carbocycles. The second-order valence-electron chi connectivity index (χ2n) is 7.95. The number of carbonyl (C=O) groups is 1. The second kappa shape index (κ2) is 8.06. The molecule has 0 spiro atoms. The van der Waals surface area contributed by atoms with Crippen LogP contribution >= 0.6 is 0 Å². The molecule has 0 aromatic carbocycles. The Labute approximate surface area is 175 Å². The van der Waals surface area contributed by atoms with Crippen LogP contribution in [0.4, 0.5) is 5.82 Å². The molecular formula is C21H27N7O2. The minimum Gasteiger partial charge on any atom is -0.461 e. The van der Waals surface area contributed by atoms with Gasteiger partial charge in [0.25, 0.3) is 0 Å². The van der Waals surface area contributed by atoms with Crippen molar-refractivity contribution in [3.63, 3.8) is 0 Å². The number of piperazine rings is 1. The van der Waals surface area contributed by atoms with Crippen molar-refractivity contribution in [2.24, 2.45) is 0 Å². The molecule has 9 heteroatoms. The third-order valence-electron chi connectivity index (χ3n) is 6.03. The van der Waals surface area contributed by atoms with E-state index in [0.717, 1.165) is 50.4 Å². The summed E-state index contributed by atoms with van der Waals surface area (Å²) in [6.45, 7) is 6.89. The number of carbonyl (C=O) groups excluding carboxylic acids is 1. The zero-order valence-electron chi connectivity index (χ0n) is 17.3. The molecule has 158 valence electrons. The number of piperidine rings is 1. The standard InChI is InChI=1S/C21H27N7O2/c1-15(21(29)27-11-7-22-8-12-27)28-18(16-6-5-13-30-16)25-17-19(23-14-24-20(17)28)26-9-3-2-4-10-26/h5-6,13-15,22H,2-4,7-12H2,1H3/t15-/m0/s1. The van der Waals surface area contributed by atoms with Crippen LogP contribution in [-0.2, 0) is 4.79 Å². The molecule has 2 saturated heterocycles. The minimum atomic E-state index is -0.447. The zero-order chi connectivity index (χ0) is 20.5. The molecule has 3 aromatic rings. The quantitative estimate of drug-likeness (QED) is 0.705. The average molecular weight is 409 g/mol. The second-order valence-corrected chi connectivity index (χ2v) is 7.95. The molecule has 0 aliphatic carbocycles. The predicted octanol–water partition coefficient (Wildman–Crippen LogP) is 2.07. The molecule has 2 aliphatic heterocycles. The number of nitrogens with zero attached hydrogens (tertiary/aromatic N) is 6. The number of hydrogen-bond acceptors (Lipinski definition) is 7. The van der Waals surface area contributed by atoms with E-state index in [-0.39, 0.29) is 5.91 Å². The Kier molecular flexibility index (Phi) is 5.12. The number of imidazole rings is 1. The number of furan rings is 1. The minimum absolute atomic E-state index is 0.0711. The van der Waals surface area contributed by atoms with E-state index in [1.807, 2.05) is 28.5 Å². The predicted molar refractivity (Wildman–Crippen MR) is 113 cm³/mol. The fourth-order valence-electron chi connectivity index (χ4n) is 4.44. The van der Waals surface area contributed by atoms with Crippen molar-refractivity contribution in [3.8, 4) is 11.6 Å².